The molecule has 3 aliphatic rings. The van der Waals surface area contributed by atoms with Gasteiger partial charge in [-0.1, -0.05) is 65.0 Å². The van der Waals surface area contributed by atoms with Crippen molar-refractivity contribution in [1.29, 1.82) is 0 Å². The molecular formula is C56H60Cl2N6O22. The maximum Gasteiger partial charge on any atom is 0.338 e. The smallest absolute Gasteiger partial charge is 0.338 e. The van der Waals surface area contributed by atoms with E-state index in [4.69, 9.17) is 84.8 Å². The van der Waals surface area contributed by atoms with E-state index in [1.807, 2.05) is 0 Å². The van der Waals surface area contributed by atoms with Crippen molar-refractivity contribution < 1.29 is 105 Å². The number of carbonyl (C=O) groups excluding carboxylic acids is 8. The monoisotopic (exact) mass is 1240 g/mol. The zero-order chi connectivity index (χ0) is 61.7. The quantitative estimate of drug-likeness (QED) is 0.0524. The number of aromatic nitrogens is 6. The molecular weight excluding hydrogens is 1180 g/mol. The molecule has 3 aromatic carbocycles. The first-order valence-electron chi connectivity index (χ1n) is 26.7. The van der Waals surface area contributed by atoms with Gasteiger partial charge >= 0.3 is 47.8 Å². The molecule has 86 heavy (non-hydrogen) atoms. The zero-order valence-corrected chi connectivity index (χ0v) is 48.2. The predicted octanol–water partition coefficient (Wildman–Crippen LogP) is 3.52. The predicted molar refractivity (Wildman–Crippen MR) is 288 cm³/mol. The van der Waals surface area contributed by atoms with E-state index in [2.05, 4.69) is 20.6 Å². The van der Waals surface area contributed by atoms with E-state index in [0.29, 0.717) is 12.1 Å². The molecule has 5 heterocycles. The normalized spacial score (nSPS) is 27.0. The Morgan fingerprint density at radius 1 is 0.581 bits per heavy atom. The molecule has 1 N–H and O–H groups in total. The van der Waals surface area contributed by atoms with Gasteiger partial charge in [0.05, 0.1) is 53.8 Å². The number of carbonyl (C=O) groups is 8. The van der Waals surface area contributed by atoms with Gasteiger partial charge in [0.25, 0.3) is 0 Å². The lowest BCUT2D eigenvalue weighted by atomic mass is 10.0. The molecule has 3 fully saturated rings. The highest BCUT2D eigenvalue weighted by molar-refractivity contribution is 6.21. The van der Waals surface area contributed by atoms with Crippen molar-refractivity contribution in [3.63, 3.8) is 0 Å². The number of esters is 8. The SMILES string of the molecule is CC(=O)OC[C@H]1O[C@H](O[C@]2(CCl)O[C@H](Cn3cc(CO[C@@H]4O[C@H](n5cc(CCCO)nn5)[C@@H](OC(=O)c5ccccc5)[C@H](OC(=O)c5ccccc5)[C@H]4OC(=O)c4ccccc4)nn3)[C@@H](OC(C)=O)[C@@H]2OC(C)=O)[C@H](OC(C)=O)[C@@H](OC(C)=O)[C@H]1Cl. The maximum atomic E-state index is 14.2. The fourth-order valence-electron chi connectivity index (χ4n) is 9.49. The summed E-state index contributed by atoms with van der Waals surface area (Å²) in [4.78, 5) is 105. The van der Waals surface area contributed by atoms with E-state index in [1.54, 1.807) is 54.6 Å². The van der Waals surface area contributed by atoms with Crippen LogP contribution in [0.25, 0.3) is 0 Å². The lowest BCUT2D eigenvalue weighted by Crippen LogP contribution is -2.63. The lowest BCUT2D eigenvalue weighted by molar-refractivity contribution is -0.359. The summed E-state index contributed by atoms with van der Waals surface area (Å²) in [6, 6.07) is 23.6. The maximum absolute atomic E-state index is 14.2. The number of aryl methyl sites for hydroxylation is 1. The van der Waals surface area contributed by atoms with E-state index in [-0.39, 0.29) is 42.0 Å². The van der Waals surface area contributed by atoms with Crippen molar-refractivity contribution in [3.8, 4) is 0 Å². The van der Waals surface area contributed by atoms with Crippen LogP contribution in [-0.4, -0.2) is 181 Å². The number of rotatable bonds is 24. The fourth-order valence-corrected chi connectivity index (χ4v) is 10.1. The third-order valence-corrected chi connectivity index (χ3v) is 14.1. The minimum absolute atomic E-state index is 0.0602. The van der Waals surface area contributed by atoms with Gasteiger partial charge in [0.15, 0.2) is 49.0 Å². The second kappa shape index (κ2) is 29.4. The van der Waals surface area contributed by atoms with Crippen molar-refractivity contribution in [2.75, 3.05) is 19.1 Å². The van der Waals surface area contributed by atoms with E-state index in [1.165, 1.54) is 58.2 Å². The molecule has 28 nitrogen and oxygen atoms in total. The Labute approximate surface area is 500 Å². The van der Waals surface area contributed by atoms with Gasteiger partial charge in [0, 0.05) is 41.2 Å². The van der Waals surface area contributed by atoms with Crippen molar-refractivity contribution in [2.24, 2.45) is 0 Å². The summed E-state index contributed by atoms with van der Waals surface area (Å²) in [7, 11) is 0. The van der Waals surface area contributed by atoms with Crippen LogP contribution in [-0.2, 0) is 105 Å². The van der Waals surface area contributed by atoms with Crippen LogP contribution < -0.4 is 0 Å². The molecule has 0 unspecified atom stereocenters. The molecule has 5 aromatic rings. The van der Waals surface area contributed by atoms with Crippen molar-refractivity contribution in [2.45, 2.75) is 146 Å². The Bertz CT molecular complexity index is 3160. The number of alkyl halides is 2. The summed E-state index contributed by atoms with van der Waals surface area (Å²) in [5, 5.41) is 25.3. The molecule has 3 aliphatic heterocycles. The van der Waals surface area contributed by atoms with Gasteiger partial charge < -0.3 is 66.7 Å². The molecule has 2 aromatic heterocycles. The van der Waals surface area contributed by atoms with Crippen molar-refractivity contribution >= 4 is 71.0 Å². The summed E-state index contributed by atoms with van der Waals surface area (Å²) in [6.45, 7) is 3.78. The Balaban J connectivity index is 1.13. The van der Waals surface area contributed by atoms with E-state index in [9.17, 15) is 43.5 Å². The van der Waals surface area contributed by atoms with E-state index < -0.39 is 152 Å². The minimum atomic E-state index is -2.36. The van der Waals surface area contributed by atoms with Gasteiger partial charge in [0.2, 0.25) is 18.4 Å². The molecule has 30 heteroatoms. The number of aliphatic hydroxyl groups is 1. The number of hydrogen-bond acceptors (Lipinski definition) is 26. The first kappa shape index (κ1) is 64.0. The number of halogens is 2. The third-order valence-electron chi connectivity index (χ3n) is 13.2. The van der Waals surface area contributed by atoms with Crippen LogP contribution in [0.3, 0.4) is 0 Å². The fraction of sp³-hybridized carbons (Fsp3) is 0.464. The number of benzene rings is 3. The summed E-state index contributed by atoms with van der Waals surface area (Å²) < 4.78 is 80.7. The molecule has 0 radical (unpaired) electrons. The summed E-state index contributed by atoms with van der Waals surface area (Å²) >= 11 is 13.4. The van der Waals surface area contributed by atoms with Crippen molar-refractivity contribution in [1.82, 2.24) is 30.0 Å². The number of hydrogen-bond donors (Lipinski definition) is 1. The Kier molecular flexibility index (Phi) is 21.9. The average molecular weight is 1240 g/mol. The van der Waals surface area contributed by atoms with Crippen LogP contribution >= 0.6 is 23.2 Å². The van der Waals surface area contributed by atoms with Crippen molar-refractivity contribution in [3.05, 3.63) is 131 Å². The third kappa shape index (κ3) is 16.1. The largest absolute Gasteiger partial charge is 0.463 e. The number of aliphatic hydroxyl groups excluding tert-OH is 1. The molecule has 0 amide bonds. The number of ether oxygens (including phenoxy) is 13. The van der Waals surface area contributed by atoms with Crippen LogP contribution in [0.2, 0.25) is 0 Å². The van der Waals surface area contributed by atoms with Crippen LogP contribution in [0, 0.1) is 0 Å². The van der Waals surface area contributed by atoms with Gasteiger partial charge in [-0.25, -0.2) is 23.7 Å². The molecule has 0 spiro atoms. The Morgan fingerprint density at radius 2 is 1.10 bits per heavy atom. The van der Waals surface area contributed by atoms with E-state index in [0.717, 1.165) is 34.6 Å². The molecule has 460 valence electrons. The summed E-state index contributed by atoms with van der Waals surface area (Å²) in [5.41, 5.74) is 0.701. The molecule has 0 bridgehead atoms. The Hall–Kier alpha value is -7.96. The molecule has 0 saturated carbocycles. The minimum Gasteiger partial charge on any atom is -0.463 e. The van der Waals surface area contributed by atoms with Gasteiger partial charge in [-0.2, -0.15) is 0 Å². The number of nitrogens with zero attached hydrogens (tertiary/aromatic N) is 6. The molecule has 8 rings (SSSR count). The van der Waals surface area contributed by atoms with Crippen LogP contribution in [0.5, 0.6) is 0 Å². The highest BCUT2D eigenvalue weighted by Crippen LogP contribution is 2.43. The Morgan fingerprint density at radius 3 is 1.65 bits per heavy atom. The van der Waals surface area contributed by atoms with Crippen LogP contribution in [0.1, 0.15) is 89.7 Å². The van der Waals surface area contributed by atoms with Gasteiger partial charge in [-0.05, 0) is 49.2 Å². The zero-order valence-electron chi connectivity index (χ0n) is 46.7. The molecule has 3 saturated heterocycles. The van der Waals surface area contributed by atoms with Gasteiger partial charge in [-0.15, -0.1) is 33.4 Å². The van der Waals surface area contributed by atoms with Crippen LogP contribution in [0.15, 0.2) is 103 Å². The summed E-state index contributed by atoms with van der Waals surface area (Å²) in [5.74, 6) is -10.1. The molecule has 14 atom stereocenters. The average Bonchev–Trinajstić information content (AvgIpc) is 2.04. The highest BCUT2D eigenvalue weighted by Gasteiger charge is 2.64. The molecule has 0 aliphatic carbocycles. The first-order valence-corrected chi connectivity index (χ1v) is 27.7. The topological polar surface area (TPSA) is 338 Å². The van der Waals surface area contributed by atoms with Gasteiger partial charge in [-0.3, -0.25) is 24.0 Å². The lowest BCUT2D eigenvalue weighted by Gasteiger charge is -2.45. The second-order valence-electron chi connectivity index (χ2n) is 19.6. The highest BCUT2D eigenvalue weighted by atomic mass is 35.5. The second-order valence-corrected chi connectivity index (χ2v) is 20.4. The standard InChI is InChI=1S/C56H60Cl2N6O22/c1-30(66)74-28-41-42(58)44(77-32(3)68)47(78-33(4)69)55(80-41)86-56(29-57)49(79-34(5)70)43(76-31(2)67)40(85-56)26-63-24-39(60-61-63)27-75-54-48(83-53(73)37-20-13-8-14-21-37)45(81-51(71)35-16-9-6-10-17-35)46(82-52(72)36-18-11-7-12-19-36)50(84-54)64-25-38(59-62-64)22-15-23-65/h6-14,16-21,24-25,40-50,54-55,65H,15,22-23,26-29H2,1-5H3/t40-,41-,42+,43-,44+,45+,46+,47-,48-,49+,50+,54-,55-,56+/m1/s1. The van der Waals surface area contributed by atoms with E-state index >= 15 is 0 Å². The first-order chi connectivity index (χ1) is 41.3. The van der Waals surface area contributed by atoms with Crippen LogP contribution in [0.4, 0.5) is 0 Å². The van der Waals surface area contributed by atoms with Gasteiger partial charge in [0.1, 0.15) is 29.9 Å². The summed E-state index contributed by atoms with van der Waals surface area (Å²) in [6.07, 6.45) is -15.9.